The maximum Gasteiger partial charge on any atom is 0.341 e. The molecule has 0 radical (unpaired) electrons. The second-order valence-electron chi connectivity index (χ2n) is 8.65. The Morgan fingerprint density at radius 1 is 0.867 bits per heavy atom. The Bertz CT molecular complexity index is 832. The van der Waals surface area contributed by atoms with Gasteiger partial charge in [0.05, 0.1) is 0 Å². The highest BCUT2D eigenvalue weighted by Gasteiger charge is 2.37. The molecule has 0 unspecified atom stereocenters. The van der Waals surface area contributed by atoms with Crippen molar-refractivity contribution in [2.75, 3.05) is 11.5 Å². The molecule has 1 aliphatic carbocycles. The number of benzene rings is 2. The third-order valence-electron chi connectivity index (χ3n) is 6.61. The minimum Gasteiger partial charge on any atom is -0.206 e. The third kappa shape index (κ3) is 5.21. The van der Waals surface area contributed by atoms with Crippen LogP contribution in [0, 0.1) is 11.7 Å². The predicted molar refractivity (Wildman–Crippen MR) is 124 cm³/mol. The van der Waals surface area contributed by atoms with E-state index in [-0.39, 0.29) is 11.7 Å². The molecule has 162 valence electrons. The number of hydrogen-bond donors (Lipinski definition) is 0. The molecule has 30 heavy (non-hydrogen) atoms. The van der Waals surface area contributed by atoms with Crippen molar-refractivity contribution in [2.45, 2.75) is 61.9 Å². The van der Waals surface area contributed by atoms with Gasteiger partial charge in [-0.25, -0.2) is 4.39 Å². The normalized spacial score (nSPS) is 24.7. The Morgan fingerprint density at radius 2 is 1.50 bits per heavy atom. The molecule has 0 bridgehead atoms. The molecule has 0 spiro atoms. The van der Waals surface area contributed by atoms with Gasteiger partial charge < -0.3 is 0 Å². The van der Waals surface area contributed by atoms with Crippen molar-refractivity contribution in [1.29, 1.82) is 0 Å². The molecule has 0 amide bonds. The lowest BCUT2D eigenvalue weighted by Crippen LogP contribution is -2.20. The van der Waals surface area contributed by atoms with Crippen LogP contribution >= 0.6 is 23.5 Å². The number of halogens is 3. The van der Waals surface area contributed by atoms with Gasteiger partial charge >= 0.3 is 4.59 Å². The van der Waals surface area contributed by atoms with Gasteiger partial charge in [0.1, 0.15) is 5.82 Å². The van der Waals surface area contributed by atoms with Crippen molar-refractivity contribution < 1.29 is 13.2 Å². The van der Waals surface area contributed by atoms with E-state index in [2.05, 4.69) is 13.0 Å². The molecule has 2 aromatic rings. The maximum absolute atomic E-state index is 14.9. The van der Waals surface area contributed by atoms with Crippen LogP contribution in [0.1, 0.15) is 68.4 Å². The zero-order chi connectivity index (χ0) is 21.1. The fourth-order valence-corrected chi connectivity index (χ4v) is 7.13. The van der Waals surface area contributed by atoms with Gasteiger partial charge in [-0.3, -0.25) is 0 Å². The summed E-state index contributed by atoms with van der Waals surface area (Å²) in [7, 11) is 0. The van der Waals surface area contributed by atoms with E-state index < -0.39 is 4.59 Å². The summed E-state index contributed by atoms with van der Waals surface area (Å²) in [5.41, 5.74) is 3.63. The number of rotatable bonds is 5. The van der Waals surface area contributed by atoms with Crippen LogP contribution in [0.2, 0.25) is 0 Å². The van der Waals surface area contributed by atoms with Gasteiger partial charge in [-0.15, -0.1) is 0 Å². The van der Waals surface area contributed by atoms with E-state index in [1.54, 1.807) is 6.07 Å². The van der Waals surface area contributed by atoms with Crippen LogP contribution in [0.25, 0.3) is 11.1 Å². The Balaban J connectivity index is 1.42. The monoisotopic (exact) mass is 450 g/mol. The third-order valence-corrected chi connectivity index (χ3v) is 9.12. The van der Waals surface area contributed by atoms with Gasteiger partial charge in [0.2, 0.25) is 0 Å². The van der Waals surface area contributed by atoms with Crippen LogP contribution in [-0.4, -0.2) is 16.1 Å². The van der Waals surface area contributed by atoms with Gasteiger partial charge in [0.25, 0.3) is 0 Å². The number of thioether (sulfide) groups is 2. The van der Waals surface area contributed by atoms with Crippen LogP contribution in [0.5, 0.6) is 0 Å². The predicted octanol–water partition coefficient (Wildman–Crippen LogP) is 8.68. The molecule has 1 heterocycles. The fourth-order valence-electron chi connectivity index (χ4n) is 4.82. The highest BCUT2D eigenvalue weighted by atomic mass is 32.2. The molecule has 1 saturated heterocycles. The van der Waals surface area contributed by atoms with Crippen molar-refractivity contribution in [3.63, 3.8) is 0 Å². The Kier molecular flexibility index (Phi) is 7.08. The molecule has 2 aliphatic rings. The molecule has 4 rings (SSSR count). The topological polar surface area (TPSA) is 0 Å². The van der Waals surface area contributed by atoms with E-state index in [4.69, 9.17) is 0 Å². The first-order valence-electron chi connectivity index (χ1n) is 11.0. The first-order chi connectivity index (χ1) is 14.4. The van der Waals surface area contributed by atoms with Crippen LogP contribution in [0.4, 0.5) is 13.2 Å². The van der Waals surface area contributed by atoms with Crippen molar-refractivity contribution in [2.24, 2.45) is 5.92 Å². The summed E-state index contributed by atoms with van der Waals surface area (Å²) >= 11 is 1.43. The quantitative estimate of drug-likeness (QED) is 0.447. The SMILES string of the molecule is CCCC1CCC(c2ccc(-c3ccc(C4CSC(F)(F)SC4)cc3)c(F)c2)CC1. The average molecular weight is 451 g/mol. The fraction of sp³-hybridized carbons (Fsp3) is 0.520. The molecule has 0 nitrogen and oxygen atoms in total. The van der Waals surface area contributed by atoms with Gasteiger partial charge in [-0.1, -0.05) is 79.7 Å². The smallest absolute Gasteiger partial charge is 0.206 e. The first-order valence-corrected chi connectivity index (χ1v) is 13.0. The minimum atomic E-state index is -2.67. The van der Waals surface area contributed by atoms with E-state index in [1.165, 1.54) is 25.7 Å². The lowest BCUT2D eigenvalue weighted by atomic mass is 9.77. The molecule has 2 fully saturated rings. The number of alkyl halides is 2. The van der Waals surface area contributed by atoms with Gasteiger partial charge in [0.15, 0.2) is 0 Å². The largest absolute Gasteiger partial charge is 0.341 e. The molecular formula is C25H29F3S2. The summed E-state index contributed by atoms with van der Waals surface area (Å²) in [4.78, 5) is 0. The van der Waals surface area contributed by atoms with E-state index in [9.17, 15) is 13.2 Å². The lowest BCUT2D eigenvalue weighted by Gasteiger charge is -2.29. The Morgan fingerprint density at radius 3 is 2.10 bits per heavy atom. The lowest BCUT2D eigenvalue weighted by molar-refractivity contribution is 0.210. The van der Waals surface area contributed by atoms with Crippen molar-refractivity contribution in [3.8, 4) is 11.1 Å². The second-order valence-corrected chi connectivity index (χ2v) is 11.2. The van der Waals surface area contributed by atoms with Crippen molar-refractivity contribution in [3.05, 3.63) is 59.4 Å². The van der Waals surface area contributed by atoms with E-state index >= 15 is 0 Å². The summed E-state index contributed by atoms with van der Waals surface area (Å²) in [6.07, 6.45) is 7.41. The Hall–Kier alpha value is -1.07. The summed E-state index contributed by atoms with van der Waals surface area (Å²) < 4.78 is 38.9. The highest BCUT2D eigenvalue weighted by molar-refractivity contribution is 8.18. The molecular weight excluding hydrogens is 421 g/mol. The zero-order valence-electron chi connectivity index (χ0n) is 17.4. The van der Waals surface area contributed by atoms with E-state index in [0.717, 1.165) is 35.4 Å². The molecule has 1 saturated carbocycles. The van der Waals surface area contributed by atoms with E-state index in [0.29, 0.717) is 46.5 Å². The molecule has 5 heteroatoms. The standard InChI is InChI=1S/C25H29F3S2/c1-2-3-17-4-6-18(7-5-17)21-12-13-23(24(26)14-21)20-10-8-19(9-11-20)22-15-29-25(27,28)30-16-22/h8-14,17-18,22H,2-7,15-16H2,1H3. The van der Waals surface area contributed by atoms with Crippen LogP contribution in [0.3, 0.4) is 0 Å². The van der Waals surface area contributed by atoms with Crippen molar-refractivity contribution >= 4 is 23.5 Å². The van der Waals surface area contributed by atoms with Gasteiger partial charge in [-0.05, 0) is 60.3 Å². The highest BCUT2D eigenvalue weighted by Crippen LogP contribution is 2.48. The summed E-state index contributed by atoms with van der Waals surface area (Å²) in [5, 5.41) is 0. The summed E-state index contributed by atoms with van der Waals surface area (Å²) in [6, 6.07) is 13.5. The van der Waals surface area contributed by atoms with E-state index in [1.807, 2.05) is 30.3 Å². The van der Waals surface area contributed by atoms with Crippen molar-refractivity contribution in [1.82, 2.24) is 0 Å². The van der Waals surface area contributed by atoms with Gasteiger partial charge in [-0.2, -0.15) is 8.78 Å². The average Bonchev–Trinajstić information content (AvgIpc) is 2.75. The summed E-state index contributed by atoms with van der Waals surface area (Å²) in [5.74, 6) is 2.11. The number of hydrogen-bond acceptors (Lipinski definition) is 2. The van der Waals surface area contributed by atoms with Gasteiger partial charge in [0, 0.05) is 23.0 Å². The maximum atomic E-state index is 14.9. The van der Waals surface area contributed by atoms with Crippen LogP contribution in [0.15, 0.2) is 42.5 Å². The molecule has 0 N–H and O–H groups in total. The molecule has 0 atom stereocenters. The van der Waals surface area contributed by atoms with Crippen LogP contribution < -0.4 is 0 Å². The molecule has 1 aliphatic heterocycles. The first kappa shape index (κ1) is 22.1. The minimum absolute atomic E-state index is 0.115. The second kappa shape index (κ2) is 9.60. The Labute approximate surface area is 186 Å². The molecule has 2 aromatic carbocycles. The molecule has 0 aromatic heterocycles. The zero-order valence-corrected chi connectivity index (χ0v) is 19.0. The summed E-state index contributed by atoms with van der Waals surface area (Å²) in [6.45, 7) is 2.25. The van der Waals surface area contributed by atoms with Crippen LogP contribution in [-0.2, 0) is 0 Å².